The zero-order valence-corrected chi connectivity index (χ0v) is 13.2. The number of thiophene rings is 1. The molecule has 22 heavy (non-hydrogen) atoms. The molecule has 6 nitrogen and oxygen atoms in total. The van der Waals surface area contributed by atoms with Crippen molar-refractivity contribution in [2.45, 2.75) is 18.9 Å². The Morgan fingerprint density at radius 3 is 2.95 bits per heavy atom. The van der Waals surface area contributed by atoms with Crippen LogP contribution in [0.1, 0.15) is 12.8 Å². The third-order valence-electron chi connectivity index (χ3n) is 4.36. The lowest BCUT2D eigenvalue weighted by molar-refractivity contribution is -0.892. The van der Waals surface area contributed by atoms with Gasteiger partial charge in [0.1, 0.15) is 17.0 Å². The summed E-state index contributed by atoms with van der Waals surface area (Å²) in [5.41, 5.74) is 0. The van der Waals surface area contributed by atoms with E-state index in [1.165, 1.54) is 4.90 Å². The monoisotopic (exact) mass is 318 g/mol. The van der Waals surface area contributed by atoms with Gasteiger partial charge in [-0.05, 0) is 24.3 Å². The van der Waals surface area contributed by atoms with E-state index in [0.29, 0.717) is 12.6 Å². The number of aromatic nitrogens is 2. The molecule has 0 radical (unpaired) electrons. The second kappa shape index (κ2) is 5.81. The van der Waals surface area contributed by atoms with Crippen molar-refractivity contribution in [1.82, 2.24) is 15.3 Å². The van der Waals surface area contributed by atoms with E-state index in [9.17, 15) is 4.79 Å². The third kappa shape index (κ3) is 2.91. The van der Waals surface area contributed by atoms with Gasteiger partial charge in [-0.15, -0.1) is 11.3 Å². The van der Waals surface area contributed by atoms with Crippen molar-refractivity contribution in [1.29, 1.82) is 0 Å². The van der Waals surface area contributed by atoms with Gasteiger partial charge in [0, 0.05) is 6.04 Å². The second-order valence-electron chi connectivity index (χ2n) is 6.09. The Bertz CT molecular complexity index is 675. The minimum Gasteiger partial charge on any atom is -0.348 e. The molecule has 2 aromatic heterocycles. The van der Waals surface area contributed by atoms with Gasteiger partial charge in [-0.3, -0.25) is 4.79 Å². The lowest BCUT2D eigenvalue weighted by atomic mass is 10.2. The number of hydrogen-bond acceptors (Lipinski definition) is 5. The summed E-state index contributed by atoms with van der Waals surface area (Å²) in [6, 6.07) is 2.55. The van der Waals surface area contributed by atoms with Crippen LogP contribution in [0.3, 0.4) is 0 Å². The lowest BCUT2D eigenvalue weighted by Gasteiger charge is -2.32. The van der Waals surface area contributed by atoms with E-state index in [1.807, 2.05) is 0 Å². The van der Waals surface area contributed by atoms with E-state index < -0.39 is 0 Å². The average molecular weight is 318 g/mol. The van der Waals surface area contributed by atoms with Crippen LogP contribution in [0.15, 0.2) is 17.8 Å². The number of anilines is 1. The number of rotatable bonds is 4. The molecule has 3 heterocycles. The Morgan fingerprint density at radius 2 is 2.18 bits per heavy atom. The van der Waals surface area contributed by atoms with E-state index in [0.717, 1.165) is 55.1 Å². The first-order valence-electron chi connectivity index (χ1n) is 7.86. The number of carbonyl (C=O) groups excluding carboxylic acids is 1. The average Bonchev–Trinajstić information content (AvgIpc) is 3.20. The number of amides is 1. The van der Waals surface area contributed by atoms with E-state index in [1.54, 1.807) is 17.7 Å². The summed E-state index contributed by atoms with van der Waals surface area (Å²) in [5.74, 6) is 1.24. The highest BCUT2D eigenvalue weighted by molar-refractivity contribution is 7.16. The number of nitrogens with one attached hydrogen (secondary N) is 2. The zero-order valence-electron chi connectivity index (χ0n) is 12.4. The van der Waals surface area contributed by atoms with Crippen molar-refractivity contribution in [3.63, 3.8) is 0 Å². The van der Waals surface area contributed by atoms with Crippen molar-refractivity contribution in [3.05, 3.63) is 17.8 Å². The van der Waals surface area contributed by atoms with Crippen molar-refractivity contribution in [2.24, 2.45) is 0 Å². The summed E-state index contributed by atoms with van der Waals surface area (Å²) < 4.78 is 0. The SMILES string of the molecule is O=C(C[NH+]1CCN(c2ncnc3sccc23)CC1)NC1CC1. The molecule has 0 aromatic carbocycles. The molecule has 0 atom stereocenters. The molecular formula is C15H20N5OS+. The van der Waals surface area contributed by atoms with Gasteiger partial charge in [-0.25, -0.2) is 9.97 Å². The normalized spacial score (nSPS) is 19.5. The molecule has 1 saturated heterocycles. The van der Waals surface area contributed by atoms with Crippen LogP contribution in [-0.2, 0) is 4.79 Å². The Balaban J connectivity index is 1.37. The minimum absolute atomic E-state index is 0.202. The summed E-state index contributed by atoms with van der Waals surface area (Å²) in [6.45, 7) is 4.44. The van der Waals surface area contributed by atoms with Crippen LogP contribution >= 0.6 is 11.3 Å². The highest BCUT2D eigenvalue weighted by atomic mass is 32.1. The highest BCUT2D eigenvalue weighted by Gasteiger charge is 2.27. The summed E-state index contributed by atoms with van der Waals surface area (Å²) >= 11 is 1.65. The zero-order chi connectivity index (χ0) is 14.9. The Kier molecular flexibility index (Phi) is 3.67. The summed E-state index contributed by atoms with van der Waals surface area (Å²) in [6.07, 6.45) is 3.95. The van der Waals surface area contributed by atoms with Crippen molar-refractivity contribution in [2.75, 3.05) is 37.6 Å². The predicted octanol–water partition coefficient (Wildman–Crippen LogP) is -0.325. The van der Waals surface area contributed by atoms with Gasteiger partial charge in [0.05, 0.1) is 31.6 Å². The Hall–Kier alpha value is -1.73. The van der Waals surface area contributed by atoms with Crippen LogP contribution in [0.2, 0.25) is 0 Å². The number of nitrogens with zero attached hydrogens (tertiary/aromatic N) is 3. The maximum absolute atomic E-state index is 11.9. The van der Waals surface area contributed by atoms with Gasteiger partial charge in [0.15, 0.2) is 6.54 Å². The first kappa shape index (κ1) is 13.9. The number of piperazine rings is 1. The summed E-state index contributed by atoms with van der Waals surface area (Å²) in [4.78, 5) is 25.4. The van der Waals surface area contributed by atoms with Gasteiger partial charge in [-0.1, -0.05) is 0 Å². The standard InChI is InChI=1S/C15H19N5OS/c21-13(18-11-1-2-11)9-19-4-6-20(7-5-19)14-12-3-8-22-15(12)17-10-16-14/h3,8,10-11H,1-2,4-7,9H2,(H,18,21)/p+1. The molecule has 1 saturated carbocycles. The van der Waals surface area contributed by atoms with Gasteiger partial charge in [0.2, 0.25) is 0 Å². The minimum atomic E-state index is 0.202. The largest absolute Gasteiger partial charge is 0.348 e. The number of fused-ring (bicyclic) bond motifs is 1. The molecular weight excluding hydrogens is 298 g/mol. The molecule has 4 rings (SSSR count). The van der Waals surface area contributed by atoms with Crippen LogP contribution in [0.4, 0.5) is 5.82 Å². The molecule has 2 aromatic rings. The quantitative estimate of drug-likeness (QED) is 0.811. The third-order valence-corrected chi connectivity index (χ3v) is 5.18. The molecule has 2 fully saturated rings. The Morgan fingerprint density at radius 1 is 1.36 bits per heavy atom. The first-order chi connectivity index (χ1) is 10.8. The molecule has 2 N–H and O–H groups in total. The fraction of sp³-hybridized carbons (Fsp3) is 0.533. The van der Waals surface area contributed by atoms with E-state index in [2.05, 4.69) is 31.6 Å². The number of hydrogen-bond donors (Lipinski definition) is 2. The molecule has 2 aliphatic rings. The Labute approximate surface area is 133 Å². The molecule has 116 valence electrons. The second-order valence-corrected chi connectivity index (χ2v) is 6.99. The van der Waals surface area contributed by atoms with Crippen LogP contribution in [0.5, 0.6) is 0 Å². The smallest absolute Gasteiger partial charge is 0.275 e. The molecule has 1 aliphatic heterocycles. The van der Waals surface area contributed by atoms with E-state index in [4.69, 9.17) is 0 Å². The van der Waals surface area contributed by atoms with Gasteiger partial charge in [0.25, 0.3) is 5.91 Å². The molecule has 0 spiro atoms. The molecule has 0 unspecified atom stereocenters. The van der Waals surface area contributed by atoms with Crippen molar-refractivity contribution in [3.8, 4) is 0 Å². The van der Waals surface area contributed by atoms with Gasteiger partial charge < -0.3 is 15.1 Å². The molecule has 1 amide bonds. The topological polar surface area (TPSA) is 62.6 Å². The van der Waals surface area contributed by atoms with Gasteiger partial charge >= 0.3 is 0 Å². The number of quaternary nitrogens is 1. The maximum atomic E-state index is 11.9. The van der Waals surface area contributed by atoms with Crippen LogP contribution < -0.4 is 15.1 Å². The highest BCUT2D eigenvalue weighted by Crippen LogP contribution is 2.26. The molecule has 7 heteroatoms. The fourth-order valence-electron chi connectivity index (χ4n) is 2.97. The van der Waals surface area contributed by atoms with Crippen LogP contribution in [0, 0.1) is 0 Å². The summed E-state index contributed by atoms with van der Waals surface area (Å²) in [5, 5.41) is 6.28. The van der Waals surface area contributed by atoms with Crippen molar-refractivity contribution < 1.29 is 9.69 Å². The van der Waals surface area contributed by atoms with Crippen molar-refractivity contribution >= 4 is 33.3 Å². The number of carbonyl (C=O) groups is 1. The maximum Gasteiger partial charge on any atom is 0.275 e. The molecule has 1 aliphatic carbocycles. The van der Waals surface area contributed by atoms with Crippen LogP contribution in [0.25, 0.3) is 10.2 Å². The van der Waals surface area contributed by atoms with E-state index in [-0.39, 0.29) is 5.91 Å². The van der Waals surface area contributed by atoms with Gasteiger partial charge in [-0.2, -0.15) is 0 Å². The van der Waals surface area contributed by atoms with E-state index >= 15 is 0 Å². The summed E-state index contributed by atoms with van der Waals surface area (Å²) in [7, 11) is 0. The van der Waals surface area contributed by atoms with Crippen LogP contribution in [-0.4, -0.2) is 54.6 Å². The molecule has 0 bridgehead atoms. The fourth-order valence-corrected chi connectivity index (χ4v) is 3.70. The lowest BCUT2D eigenvalue weighted by Crippen LogP contribution is -3.16. The predicted molar refractivity (Wildman–Crippen MR) is 86.4 cm³/mol. The first-order valence-corrected chi connectivity index (χ1v) is 8.73.